The summed E-state index contributed by atoms with van der Waals surface area (Å²) < 4.78 is 5.46. The smallest absolute Gasteiger partial charge is 0.278 e. The van der Waals surface area contributed by atoms with E-state index in [1.54, 1.807) is 24.3 Å². The molecule has 0 saturated carbocycles. The van der Waals surface area contributed by atoms with Crippen LogP contribution in [-0.2, 0) is 11.2 Å². The van der Waals surface area contributed by atoms with Crippen molar-refractivity contribution in [2.24, 2.45) is 5.10 Å². The van der Waals surface area contributed by atoms with Crippen LogP contribution in [0.5, 0.6) is 5.75 Å². The van der Waals surface area contributed by atoms with Crippen LogP contribution in [0.4, 0.5) is 5.69 Å². The van der Waals surface area contributed by atoms with E-state index in [4.69, 9.17) is 4.74 Å². The molecule has 0 aliphatic heterocycles. The number of benzene rings is 2. The van der Waals surface area contributed by atoms with E-state index in [1.165, 1.54) is 12.3 Å². The van der Waals surface area contributed by atoms with Gasteiger partial charge in [-0.3, -0.25) is 14.9 Å². The van der Waals surface area contributed by atoms with Gasteiger partial charge in [0.15, 0.2) is 6.61 Å². The maximum atomic E-state index is 11.7. The molecule has 24 heavy (non-hydrogen) atoms. The largest absolute Gasteiger partial charge is 0.483 e. The van der Waals surface area contributed by atoms with Crippen molar-refractivity contribution in [3.8, 4) is 5.75 Å². The predicted molar refractivity (Wildman–Crippen MR) is 90.1 cm³/mol. The fraction of sp³-hybridized carbons (Fsp3) is 0.176. The molecule has 0 aliphatic rings. The summed E-state index contributed by atoms with van der Waals surface area (Å²) in [7, 11) is 0. The third-order valence-electron chi connectivity index (χ3n) is 3.24. The lowest BCUT2D eigenvalue weighted by atomic mass is 10.1. The van der Waals surface area contributed by atoms with E-state index in [0.717, 1.165) is 12.0 Å². The molecule has 0 heterocycles. The standard InChI is InChI=1S/C17H17N3O4/c1-2-13-7-4-6-10-16(13)24-12-17(21)19-18-11-14-8-3-5-9-15(14)20(22)23/h3-11H,2,12H2,1H3,(H,19,21)/b18-11+. The lowest BCUT2D eigenvalue weighted by Crippen LogP contribution is -2.24. The van der Waals surface area contributed by atoms with Crippen LogP contribution in [-0.4, -0.2) is 23.7 Å². The van der Waals surface area contributed by atoms with Gasteiger partial charge >= 0.3 is 0 Å². The van der Waals surface area contributed by atoms with Crippen LogP contribution in [0.15, 0.2) is 53.6 Å². The molecule has 124 valence electrons. The quantitative estimate of drug-likeness (QED) is 0.480. The molecule has 0 atom stereocenters. The number of nitrogens with one attached hydrogen (secondary N) is 1. The van der Waals surface area contributed by atoms with E-state index < -0.39 is 10.8 Å². The molecule has 0 unspecified atom stereocenters. The van der Waals surface area contributed by atoms with E-state index in [0.29, 0.717) is 11.3 Å². The lowest BCUT2D eigenvalue weighted by molar-refractivity contribution is -0.385. The Labute approximate surface area is 139 Å². The minimum atomic E-state index is -0.506. The number of hydrogen-bond acceptors (Lipinski definition) is 5. The summed E-state index contributed by atoms with van der Waals surface area (Å²) in [6.45, 7) is 1.81. The summed E-state index contributed by atoms with van der Waals surface area (Å²) in [5.41, 5.74) is 3.52. The van der Waals surface area contributed by atoms with Gasteiger partial charge in [-0.25, -0.2) is 5.43 Å². The fourth-order valence-corrected chi connectivity index (χ4v) is 2.05. The first-order chi connectivity index (χ1) is 11.6. The highest BCUT2D eigenvalue weighted by molar-refractivity contribution is 5.86. The molecule has 0 radical (unpaired) electrons. The van der Waals surface area contributed by atoms with Crippen molar-refractivity contribution >= 4 is 17.8 Å². The van der Waals surface area contributed by atoms with Crippen LogP contribution in [0.2, 0.25) is 0 Å². The molecular formula is C17H17N3O4. The molecule has 0 bridgehead atoms. The monoisotopic (exact) mass is 327 g/mol. The molecule has 1 amide bonds. The second-order valence-corrected chi connectivity index (χ2v) is 4.86. The molecular weight excluding hydrogens is 310 g/mol. The van der Waals surface area contributed by atoms with Crippen LogP contribution in [0, 0.1) is 10.1 Å². The molecule has 0 spiro atoms. The minimum Gasteiger partial charge on any atom is -0.483 e. The Hall–Kier alpha value is -3.22. The van der Waals surface area contributed by atoms with Crippen LogP contribution in [0.3, 0.4) is 0 Å². The zero-order valence-electron chi connectivity index (χ0n) is 13.1. The van der Waals surface area contributed by atoms with Crippen molar-refractivity contribution in [2.75, 3.05) is 6.61 Å². The molecule has 2 aromatic rings. The Morgan fingerprint density at radius 3 is 2.71 bits per heavy atom. The molecule has 0 fully saturated rings. The lowest BCUT2D eigenvalue weighted by Gasteiger charge is -2.08. The van der Waals surface area contributed by atoms with Crippen LogP contribution in [0.25, 0.3) is 0 Å². The van der Waals surface area contributed by atoms with Crippen molar-refractivity contribution in [3.63, 3.8) is 0 Å². The predicted octanol–water partition coefficient (Wildman–Crippen LogP) is 2.69. The highest BCUT2D eigenvalue weighted by Gasteiger charge is 2.10. The number of aryl methyl sites for hydroxylation is 1. The fourth-order valence-electron chi connectivity index (χ4n) is 2.05. The number of rotatable bonds is 7. The Morgan fingerprint density at radius 2 is 1.96 bits per heavy atom. The molecule has 7 heteroatoms. The van der Waals surface area contributed by atoms with E-state index in [9.17, 15) is 14.9 Å². The van der Waals surface area contributed by atoms with Crippen molar-refractivity contribution in [3.05, 3.63) is 69.8 Å². The number of nitro benzene ring substituents is 1. The molecule has 7 nitrogen and oxygen atoms in total. The Balaban J connectivity index is 1.91. The summed E-state index contributed by atoms with van der Waals surface area (Å²) in [5, 5.41) is 14.6. The SMILES string of the molecule is CCc1ccccc1OCC(=O)N/N=C/c1ccccc1[N+](=O)[O-]. The van der Waals surface area contributed by atoms with Crippen LogP contribution < -0.4 is 10.2 Å². The number of para-hydroxylation sites is 2. The highest BCUT2D eigenvalue weighted by Crippen LogP contribution is 2.18. The van der Waals surface area contributed by atoms with Gasteiger partial charge in [-0.1, -0.05) is 37.3 Å². The zero-order valence-corrected chi connectivity index (χ0v) is 13.1. The Bertz CT molecular complexity index is 759. The molecule has 2 rings (SSSR count). The first-order valence-corrected chi connectivity index (χ1v) is 7.38. The molecule has 1 N–H and O–H groups in total. The number of nitro groups is 1. The number of carbonyl (C=O) groups is 1. The van der Waals surface area contributed by atoms with Crippen LogP contribution >= 0.6 is 0 Å². The number of hydrazone groups is 1. The molecule has 0 aromatic heterocycles. The molecule has 0 aliphatic carbocycles. The summed E-state index contributed by atoms with van der Waals surface area (Å²) in [6, 6.07) is 13.6. The van der Waals surface area contributed by atoms with Crippen molar-refractivity contribution < 1.29 is 14.5 Å². The van der Waals surface area contributed by atoms with Crippen LogP contribution in [0.1, 0.15) is 18.1 Å². The number of hydrogen-bond donors (Lipinski definition) is 1. The average Bonchev–Trinajstić information content (AvgIpc) is 2.60. The normalized spacial score (nSPS) is 10.5. The second-order valence-electron chi connectivity index (χ2n) is 4.86. The first kappa shape index (κ1) is 17.1. The van der Waals surface area contributed by atoms with E-state index in [-0.39, 0.29) is 12.3 Å². The average molecular weight is 327 g/mol. The van der Waals surface area contributed by atoms with Gasteiger partial charge in [0.25, 0.3) is 11.6 Å². The number of carbonyl (C=O) groups excluding carboxylic acids is 1. The van der Waals surface area contributed by atoms with Gasteiger partial charge in [-0.15, -0.1) is 0 Å². The van der Waals surface area contributed by atoms with Crippen molar-refractivity contribution in [1.29, 1.82) is 0 Å². The van der Waals surface area contributed by atoms with Gasteiger partial charge in [-0.2, -0.15) is 5.10 Å². The number of amides is 1. The van der Waals surface area contributed by atoms with Gasteiger partial charge in [0.2, 0.25) is 0 Å². The molecule has 0 saturated heterocycles. The van der Waals surface area contributed by atoms with E-state index in [2.05, 4.69) is 10.5 Å². The maximum Gasteiger partial charge on any atom is 0.278 e. The summed E-state index contributed by atoms with van der Waals surface area (Å²) in [5.74, 6) is 0.202. The van der Waals surface area contributed by atoms with Gasteiger partial charge in [-0.05, 0) is 24.1 Å². The zero-order chi connectivity index (χ0) is 17.4. The van der Waals surface area contributed by atoms with Gasteiger partial charge < -0.3 is 4.74 Å². The molecule has 2 aromatic carbocycles. The highest BCUT2D eigenvalue weighted by atomic mass is 16.6. The van der Waals surface area contributed by atoms with Gasteiger partial charge in [0, 0.05) is 6.07 Å². The Morgan fingerprint density at radius 1 is 1.25 bits per heavy atom. The van der Waals surface area contributed by atoms with Gasteiger partial charge in [0.1, 0.15) is 5.75 Å². The summed E-state index contributed by atoms with van der Waals surface area (Å²) >= 11 is 0. The van der Waals surface area contributed by atoms with E-state index >= 15 is 0 Å². The number of ether oxygens (including phenoxy) is 1. The second kappa shape index (κ2) is 8.42. The summed E-state index contributed by atoms with van der Waals surface area (Å²) in [6.07, 6.45) is 2.03. The van der Waals surface area contributed by atoms with Crippen molar-refractivity contribution in [2.45, 2.75) is 13.3 Å². The number of nitrogens with zero attached hydrogens (tertiary/aromatic N) is 2. The third kappa shape index (κ3) is 4.64. The maximum absolute atomic E-state index is 11.7. The topological polar surface area (TPSA) is 93.8 Å². The summed E-state index contributed by atoms with van der Waals surface area (Å²) in [4.78, 5) is 22.1. The minimum absolute atomic E-state index is 0.0800. The van der Waals surface area contributed by atoms with E-state index in [1.807, 2.05) is 25.1 Å². The van der Waals surface area contributed by atoms with Gasteiger partial charge in [0.05, 0.1) is 16.7 Å². The van der Waals surface area contributed by atoms with Crippen molar-refractivity contribution in [1.82, 2.24) is 5.43 Å². The first-order valence-electron chi connectivity index (χ1n) is 7.38. The third-order valence-corrected chi connectivity index (χ3v) is 3.24. The Kier molecular flexibility index (Phi) is 6.01.